The summed E-state index contributed by atoms with van der Waals surface area (Å²) in [6.07, 6.45) is 0.761. The number of nitro groups is 1. The van der Waals surface area contributed by atoms with Crippen molar-refractivity contribution in [3.05, 3.63) is 69.8 Å². The largest absolute Gasteiger partial charge is 0.493 e. The summed E-state index contributed by atoms with van der Waals surface area (Å²) < 4.78 is 5.71. The summed E-state index contributed by atoms with van der Waals surface area (Å²) in [6, 6.07) is 14.1. The van der Waals surface area contributed by atoms with Crippen molar-refractivity contribution in [1.29, 1.82) is 0 Å². The number of nitrogens with zero attached hydrogens (tertiary/aromatic N) is 3. The minimum atomic E-state index is -0.433. The van der Waals surface area contributed by atoms with E-state index < -0.39 is 4.92 Å². The van der Waals surface area contributed by atoms with Gasteiger partial charge in [-0.3, -0.25) is 14.9 Å². The van der Waals surface area contributed by atoms with Gasteiger partial charge < -0.3 is 20.3 Å². The predicted octanol–water partition coefficient (Wildman–Crippen LogP) is 2.86. The van der Waals surface area contributed by atoms with E-state index in [9.17, 15) is 14.9 Å². The zero-order valence-electron chi connectivity index (χ0n) is 17.4. The molecular formula is C21H26IN5O4. The van der Waals surface area contributed by atoms with Crippen molar-refractivity contribution in [1.82, 2.24) is 15.5 Å². The van der Waals surface area contributed by atoms with Crippen LogP contribution in [0.5, 0.6) is 5.75 Å². The van der Waals surface area contributed by atoms with E-state index in [0.29, 0.717) is 19.1 Å². The average Bonchev–Trinajstić information content (AvgIpc) is 2.75. The minimum Gasteiger partial charge on any atom is -0.493 e. The molecule has 0 spiro atoms. The molecule has 2 aromatic carbocycles. The van der Waals surface area contributed by atoms with Crippen LogP contribution in [0.3, 0.4) is 0 Å². The molecule has 2 aromatic rings. The summed E-state index contributed by atoms with van der Waals surface area (Å²) >= 11 is 0. The minimum absolute atomic E-state index is 0. The number of para-hydroxylation sites is 1. The number of amides is 1. The van der Waals surface area contributed by atoms with Crippen molar-refractivity contribution in [2.45, 2.75) is 19.0 Å². The second-order valence-corrected chi connectivity index (χ2v) is 7.10. The van der Waals surface area contributed by atoms with Gasteiger partial charge in [0.2, 0.25) is 5.91 Å². The van der Waals surface area contributed by atoms with Crippen molar-refractivity contribution in [3.8, 4) is 5.75 Å². The number of guanidine groups is 1. The zero-order chi connectivity index (χ0) is 21.5. The fourth-order valence-corrected chi connectivity index (χ4v) is 3.02. The van der Waals surface area contributed by atoms with Crippen molar-refractivity contribution in [2.75, 3.05) is 27.2 Å². The molecule has 1 heterocycles. The molecule has 166 valence electrons. The first-order valence-corrected chi connectivity index (χ1v) is 9.64. The number of halogens is 1. The van der Waals surface area contributed by atoms with Crippen LogP contribution in [-0.4, -0.2) is 48.9 Å². The molecule has 1 amide bonds. The molecule has 31 heavy (non-hydrogen) atoms. The number of non-ortho nitro benzene ring substituents is 1. The summed E-state index contributed by atoms with van der Waals surface area (Å²) in [5.74, 6) is 1.25. The van der Waals surface area contributed by atoms with E-state index in [-0.39, 0.29) is 48.2 Å². The number of rotatable bonds is 6. The highest BCUT2D eigenvalue weighted by Gasteiger charge is 2.22. The van der Waals surface area contributed by atoms with E-state index in [2.05, 4.69) is 15.6 Å². The highest BCUT2D eigenvalue weighted by atomic mass is 127. The monoisotopic (exact) mass is 539 g/mol. The van der Waals surface area contributed by atoms with Gasteiger partial charge in [-0.1, -0.05) is 30.3 Å². The summed E-state index contributed by atoms with van der Waals surface area (Å²) in [7, 11) is 3.39. The molecule has 0 aromatic heterocycles. The molecule has 0 aliphatic carbocycles. The van der Waals surface area contributed by atoms with Gasteiger partial charge in [-0.2, -0.15) is 0 Å². The van der Waals surface area contributed by atoms with E-state index >= 15 is 0 Å². The van der Waals surface area contributed by atoms with E-state index in [0.717, 1.165) is 23.3 Å². The van der Waals surface area contributed by atoms with Crippen LogP contribution in [0.4, 0.5) is 5.69 Å². The normalized spacial score (nSPS) is 15.0. The summed E-state index contributed by atoms with van der Waals surface area (Å²) in [5, 5.41) is 17.3. The number of likely N-dealkylation sites (N-methyl/N-ethyl adjacent to an activating group) is 1. The molecule has 0 radical (unpaired) electrons. The standard InChI is InChI=1S/C21H25N5O4.HI/c1-25(2)20(27)14-23-21(22-13-15-7-9-16(10-8-15)26(28)29)24-18-11-12-30-19-6-4-3-5-17(18)19;/h3-10,18H,11-14H2,1-2H3,(H2,22,23,24);1H. The Morgan fingerprint density at radius 3 is 2.61 bits per heavy atom. The van der Waals surface area contributed by atoms with Crippen molar-refractivity contribution < 1.29 is 14.5 Å². The van der Waals surface area contributed by atoms with Gasteiger partial charge in [-0.05, 0) is 11.6 Å². The van der Waals surface area contributed by atoms with E-state index in [1.807, 2.05) is 24.3 Å². The van der Waals surface area contributed by atoms with E-state index in [1.165, 1.54) is 17.0 Å². The first-order chi connectivity index (χ1) is 14.4. The van der Waals surface area contributed by atoms with Crippen LogP contribution in [0.2, 0.25) is 0 Å². The zero-order valence-corrected chi connectivity index (χ0v) is 19.7. The lowest BCUT2D eigenvalue weighted by atomic mass is 10.0. The fraction of sp³-hybridized carbons (Fsp3) is 0.333. The molecule has 0 fully saturated rings. The summed E-state index contributed by atoms with van der Waals surface area (Å²) in [5.41, 5.74) is 1.90. The Kier molecular flexibility index (Phi) is 9.03. The number of hydrogen-bond donors (Lipinski definition) is 2. The fourth-order valence-electron chi connectivity index (χ4n) is 3.02. The molecular weight excluding hydrogens is 513 g/mol. The number of benzene rings is 2. The van der Waals surface area contributed by atoms with Crippen LogP contribution in [0.25, 0.3) is 0 Å². The van der Waals surface area contributed by atoms with Gasteiger partial charge in [0, 0.05) is 38.2 Å². The Hall–Kier alpha value is -2.89. The van der Waals surface area contributed by atoms with Crippen molar-refractivity contribution in [2.24, 2.45) is 4.99 Å². The van der Waals surface area contributed by atoms with Crippen molar-refractivity contribution in [3.63, 3.8) is 0 Å². The first-order valence-electron chi connectivity index (χ1n) is 9.64. The molecule has 0 saturated carbocycles. The first kappa shape index (κ1) is 24.4. The van der Waals surface area contributed by atoms with Gasteiger partial charge in [0.05, 0.1) is 30.7 Å². The number of fused-ring (bicyclic) bond motifs is 1. The van der Waals surface area contributed by atoms with Crippen LogP contribution in [-0.2, 0) is 11.3 Å². The third kappa shape index (κ3) is 6.81. The number of aliphatic imine (C=N–C) groups is 1. The lowest BCUT2D eigenvalue weighted by molar-refractivity contribution is -0.384. The van der Waals surface area contributed by atoms with Gasteiger partial charge in [-0.15, -0.1) is 24.0 Å². The third-order valence-corrected chi connectivity index (χ3v) is 4.74. The molecule has 1 aliphatic rings. The Labute approximate surface area is 198 Å². The Morgan fingerprint density at radius 2 is 1.94 bits per heavy atom. The van der Waals surface area contributed by atoms with Gasteiger partial charge >= 0.3 is 0 Å². The third-order valence-electron chi connectivity index (χ3n) is 4.74. The second-order valence-electron chi connectivity index (χ2n) is 7.10. The van der Waals surface area contributed by atoms with Gasteiger partial charge in [-0.25, -0.2) is 4.99 Å². The lowest BCUT2D eigenvalue weighted by Gasteiger charge is -2.28. The highest BCUT2D eigenvalue weighted by Crippen LogP contribution is 2.31. The SMILES string of the molecule is CN(C)C(=O)CNC(=NCc1ccc([N+](=O)[O-])cc1)NC1CCOc2ccccc21.I. The maximum atomic E-state index is 12.0. The maximum Gasteiger partial charge on any atom is 0.269 e. The van der Waals surface area contributed by atoms with Crippen LogP contribution >= 0.6 is 24.0 Å². The van der Waals surface area contributed by atoms with E-state index in [1.54, 1.807) is 26.2 Å². The molecule has 2 N–H and O–H groups in total. The summed E-state index contributed by atoms with van der Waals surface area (Å²) in [4.78, 5) is 28.5. The van der Waals surface area contributed by atoms with Gasteiger partial charge in [0.25, 0.3) is 5.69 Å². The average molecular weight is 539 g/mol. The van der Waals surface area contributed by atoms with Gasteiger partial charge in [0.15, 0.2) is 5.96 Å². The molecule has 1 unspecified atom stereocenters. The number of nitrogens with one attached hydrogen (secondary N) is 2. The Bertz CT molecular complexity index is 934. The maximum absolute atomic E-state index is 12.0. The number of ether oxygens (including phenoxy) is 1. The lowest BCUT2D eigenvalue weighted by Crippen LogP contribution is -2.45. The van der Waals surface area contributed by atoms with Crippen LogP contribution in [0.15, 0.2) is 53.5 Å². The highest BCUT2D eigenvalue weighted by molar-refractivity contribution is 14.0. The molecule has 10 heteroatoms. The quantitative estimate of drug-likeness (QED) is 0.192. The number of nitro benzene ring substituents is 1. The smallest absolute Gasteiger partial charge is 0.269 e. The van der Waals surface area contributed by atoms with Crippen LogP contribution < -0.4 is 15.4 Å². The van der Waals surface area contributed by atoms with E-state index in [4.69, 9.17) is 4.74 Å². The molecule has 3 rings (SSSR count). The summed E-state index contributed by atoms with van der Waals surface area (Å²) in [6.45, 7) is 0.999. The second kappa shape index (κ2) is 11.5. The molecule has 1 atom stereocenters. The number of carbonyl (C=O) groups is 1. The van der Waals surface area contributed by atoms with Crippen molar-refractivity contribution >= 4 is 41.5 Å². The topological polar surface area (TPSA) is 109 Å². The predicted molar refractivity (Wildman–Crippen MR) is 129 cm³/mol. The van der Waals surface area contributed by atoms with Crippen LogP contribution in [0, 0.1) is 10.1 Å². The Morgan fingerprint density at radius 1 is 1.23 bits per heavy atom. The molecule has 0 saturated heterocycles. The molecule has 1 aliphatic heterocycles. The molecule has 0 bridgehead atoms. The number of carbonyl (C=O) groups excluding carboxylic acids is 1. The molecule has 9 nitrogen and oxygen atoms in total. The Balaban J connectivity index is 0.00000341. The van der Waals surface area contributed by atoms with Gasteiger partial charge in [0.1, 0.15) is 5.75 Å². The number of hydrogen-bond acceptors (Lipinski definition) is 5. The van der Waals surface area contributed by atoms with Crippen LogP contribution in [0.1, 0.15) is 23.6 Å².